The number of benzene rings is 2. The van der Waals surface area contributed by atoms with Crippen molar-refractivity contribution in [2.45, 2.75) is 27.7 Å². The van der Waals surface area contributed by atoms with Gasteiger partial charge in [-0.2, -0.15) is 0 Å². The van der Waals surface area contributed by atoms with E-state index in [1.54, 1.807) is 18.2 Å². The predicted octanol–water partition coefficient (Wildman–Crippen LogP) is 3.92. The molecule has 144 valence electrons. The summed E-state index contributed by atoms with van der Waals surface area (Å²) in [6.45, 7) is 7.54. The number of nitrogens with one attached hydrogen (secondary N) is 2. The average Bonchev–Trinajstić information content (AvgIpc) is 2.63. The van der Waals surface area contributed by atoms with Crippen LogP contribution in [0.25, 0.3) is 0 Å². The Bertz CT molecular complexity index is 831. The molecular formula is C21H26N2O4. The molecule has 2 aromatic rings. The number of methoxy groups -OCH3 is 1. The number of rotatable bonds is 7. The summed E-state index contributed by atoms with van der Waals surface area (Å²) in [5.74, 6) is 0.590. The molecule has 0 bridgehead atoms. The van der Waals surface area contributed by atoms with Crippen LogP contribution in [0.5, 0.6) is 11.5 Å². The number of carbonyl (C=O) groups is 2. The molecule has 6 nitrogen and oxygen atoms in total. The Hall–Kier alpha value is -3.02. The SMILES string of the molecule is COc1cc(NC(=O)COc2ccc(C)c(C)c2)ccc1NC(=O)C(C)C. The zero-order valence-corrected chi connectivity index (χ0v) is 16.4. The Labute approximate surface area is 159 Å². The Morgan fingerprint density at radius 1 is 1.00 bits per heavy atom. The van der Waals surface area contributed by atoms with E-state index in [-0.39, 0.29) is 24.3 Å². The van der Waals surface area contributed by atoms with E-state index in [0.29, 0.717) is 22.9 Å². The van der Waals surface area contributed by atoms with Crippen LogP contribution in [-0.2, 0) is 9.59 Å². The summed E-state index contributed by atoms with van der Waals surface area (Å²) in [7, 11) is 1.51. The van der Waals surface area contributed by atoms with Gasteiger partial charge in [0.2, 0.25) is 5.91 Å². The van der Waals surface area contributed by atoms with Gasteiger partial charge in [-0.15, -0.1) is 0 Å². The van der Waals surface area contributed by atoms with Crippen molar-refractivity contribution in [1.82, 2.24) is 0 Å². The van der Waals surface area contributed by atoms with Crippen LogP contribution in [0.3, 0.4) is 0 Å². The first-order valence-corrected chi connectivity index (χ1v) is 8.79. The quantitative estimate of drug-likeness (QED) is 0.774. The molecule has 6 heteroatoms. The molecular weight excluding hydrogens is 344 g/mol. The Morgan fingerprint density at radius 2 is 1.74 bits per heavy atom. The van der Waals surface area contributed by atoms with E-state index in [4.69, 9.17) is 9.47 Å². The molecule has 0 saturated heterocycles. The van der Waals surface area contributed by atoms with Gasteiger partial charge >= 0.3 is 0 Å². The summed E-state index contributed by atoms with van der Waals surface area (Å²) in [5, 5.41) is 5.56. The number of carbonyl (C=O) groups excluding carboxylic acids is 2. The maximum Gasteiger partial charge on any atom is 0.262 e. The number of hydrogen-bond donors (Lipinski definition) is 2. The Morgan fingerprint density at radius 3 is 2.37 bits per heavy atom. The van der Waals surface area contributed by atoms with Crippen molar-refractivity contribution in [3.63, 3.8) is 0 Å². The normalized spacial score (nSPS) is 10.4. The summed E-state index contributed by atoms with van der Waals surface area (Å²) in [4.78, 5) is 24.0. The summed E-state index contributed by atoms with van der Waals surface area (Å²) < 4.78 is 10.8. The van der Waals surface area contributed by atoms with Gasteiger partial charge in [0, 0.05) is 17.7 Å². The van der Waals surface area contributed by atoms with Gasteiger partial charge in [0.1, 0.15) is 11.5 Å². The molecule has 2 rings (SSSR count). The van der Waals surface area contributed by atoms with Crippen LogP contribution in [0.4, 0.5) is 11.4 Å². The third-order valence-corrected chi connectivity index (χ3v) is 4.12. The van der Waals surface area contributed by atoms with Gasteiger partial charge in [-0.1, -0.05) is 19.9 Å². The van der Waals surface area contributed by atoms with E-state index in [9.17, 15) is 9.59 Å². The van der Waals surface area contributed by atoms with Gasteiger partial charge in [-0.3, -0.25) is 9.59 Å². The van der Waals surface area contributed by atoms with E-state index in [0.717, 1.165) is 5.56 Å². The van der Waals surface area contributed by atoms with Crippen LogP contribution < -0.4 is 20.1 Å². The van der Waals surface area contributed by atoms with Gasteiger partial charge in [0.25, 0.3) is 5.91 Å². The van der Waals surface area contributed by atoms with Gasteiger partial charge in [0.15, 0.2) is 6.61 Å². The van der Waals surface area contributed by atoms with Crippen LogP contribution in [0, 0.1) is 19.8 Å². The van der Waals surface area contributed by atoms with E-state index in [2.05, 4.69) is 10.6 Å². The predicted molar refractivity (Wildman–Crippen MR) is 107 cm³/mol. The largest absolute Gasteiger partial charge is 0.494 e. The minimum Gasteiger partial charge on any atom is -0.494 e. The molecule has 2 amide bonds. The molecule has 0 radical (unpaired) electrons. The molecule has 0 spiro atoms. The van der Waals surface area contributed by atoms with Crippen molar-refractivity contribution in [1.29, 1.82) is 0 Å². The zero-order chi connectivity index (χ0) is 20.0. The highest BCUT2D eigenvalue weighted by molar-refractivity contribution is 5.95. The number of amides is 2. The van der Waals surface area contributed by atoms with Crippen LogP contribution in [0.2, 0.25) is 0 Å². The molecule has 0 saturated carbocycles. The topological polar surface area (TPSA) is 76.7 Å². The third-order valence-electron chi connectivity index (χ3n) is 4.12. The lowest BCUT2D eigenvalue weighted by atomic mass is 10.1. The fourth-order valence-corrected chi connectivity index (χ4v) is 2.30. The van der Waals surface area contributed by atoms with Crippen molar-refractivity contribution in [2.75, 3.05) is 24.4 Å². The van der Waals surface area contributed by atoms with Gasteiger partial charge in [0.05, 0.1) is 12.8 Å². The van der Waals surface area contributed by atoms with Gasteiger partial charge in [-0.25, -0.2) is 0 Å². The van der Waals surface area contributed by atoms with Crippen LogP contribution in [0.15, 0.2) is 36.4 Å². The molecule has 27 heavy (non-hydrogen) atoms. The summed E-state index contributed by atoms with van der Waals surface area (Å²) in [6.07, 6.45) is 0. The molecule has 2 aromatic carbocycles. The van der Waals surface area contributed by atoms with Crippen molar-refractivity contribution in [2.24, 2.45) is 5.92 Å². The maximum atomic E-state index is 12.1. The Kier molecular flexibility index (Phi) is 6.82. The first-order valence-electron chi connectivity index (χ1n) is 8.79. The van der Waals surface area contributed by atoms with Crippen molar-refractivity contribution >= 4 is 23.2 Å². The van der Waals surface area contributed by atoms with Crippen LogP contribution in [-0.4, -0.2) is 25.5 Å². The molecule has 0 heterocycles. The maximum absolute atomic E-state index is 12.1. The second-order valence-corrected chi connectivity index (χ2v) is 6.64. The van der Waals surface area contributed by atoms with E-state index >= 15 is 0 Å². The minimum absolute atomic E-state index is 0.101. The first kappa shape index (κ1) is 20.3. The summed E-state index contributed by atoms with van der Waals surface area (Å²) in [6, 6.07) is 10.7. The minimum atomic E-state index is -0.283. The van der Waals surface area contributed by atoms with Crippen molar-refractivity contribution in [3.05, 3.63) is 47.5 Å². The van der Waals surface area contributed by atoms with E-state index < -0.39 is 0 Å². The van der Waals surface area contributed by atoms with Crippen molar-refractivity contribution in [3.8, 4) is 11.5 Å². The number of hydrogen-bond acceptors (Lipinski definition) is 4. The molecule has 0 aliphatic carbocycles. The number of ether oxygens (including phenoxy) is 2. The molecule has 0 fully saturated rings. The standard InChI is InChI=1S/C21H26N2O4/c1-13(2)21(25)23-18-9-7-16(11-19(18)26-5)22-20(24)12-27-17-8-6-14(3)15(4)10-17/h6-11,13H,12H2,1-5H3,(H,22,24)(H,23,25). The molecule has 0 atom stereocenters. The van der Waals surface area contributed by atoms with Crippen molar-refractivity contribution < 1.29 is 19.1 Å². The number of aryl methyl sites for hydroxylation is 2. The number of anilines is 2. The second-order valence-electron chi connectivity index (χ2n) is 6.64. The molecule has 0 aliphatic heterocycles. The van der Waals surface area contributed by atoms with Gasteiger partial charge < -0.3 is 20.1 Å². The Balaban J connectivity index is 1.98. The van der Waals surface area contributed by atoms with Crippen LogP contribution >= 0.6 is 0 Å². The summed E-state index contributed by atoms with van der Waals surface area (Å²) >= 11 is 0. The van der Waals surface area contributed by atoms with E-state index in [1.807, 2.05) is 45.9 Å². The molecule has 2 N–H and O–H groups in total. The highest BCUT2D eigenvalue weighted by Gasteiger charge is 2.12. The molecule has 0 unspecified atom stereocenters. The van der Waals surface area contributed by atoms with Crippen LogP contribution in [0.1, 0.15) is 25.0 Å². The average molecular weight is 370 g/mol. The lowest BCUT2D eigenvalue weighted by Gasteiger charge is -2.14. The monoisotopic (exact) mass is 370 g/mol. The lowest BCUT2D eigenvalue weighted by molar-refractivity contribution is -0.119. The summed E-state index contributed by atoms with van der Waals surface area (Å²) in [5.41, 5.74) is 3.39. The smallest absolute Gasteiger partial charge is 0.262 e. The van der Waals surface area contributed by atoms with Gasteiger partial charge in [-0.05, 0) is 49.2 Å². The fraction of sp³-hybridized carbons (Fsp3) is 0.333. The lowest BCUT2D eigenvalue weighted by Crippen LogP contribution is -2.20. The van der Waals surface area contributed by atoms with E-state index in [1.165, 1.54) is 12.7 Å². The highest BCUT2D eigenvalue weighted by Crippen LogP contribution is 2.28. The fourth-order valence-electron chi connectivity index (χ4n) is 2.30. The first-order chi connectivity index (χ1) is 12.8. The molecule has 0 aliphatic rings. The highest BCUT2D eigenvalue weighted by atomic mass is 16.5. The zero-order valence-electron chi connectivity index (χ0n) is 16.4. The molecule has 0 aromatic heterocycles. The second kappa shape index (κ2) is 9.07. The third kappa shape index (κ3) is 5.74.